The maximum atomic E-state index is 11.4. The molecule has 1 saturated heterocycles. The number of carbonyl (C=O) groups excluding carboxylic acids is 1. The van der Waals surface area contributed by atoms with Crippen LogP contribution in [0.2, 0.25) is 0 Å². The number of hydrogen-bond acceptors (Lipinski definition) is 6. The van der Waals surface area contributed by atoms with Crippen LogP contribution in [0, 0.1) is 0 Å². The van der Waals surface area contributed by atoms with Crippen molar-refractivity contribution in [2.45, 2.75) is 12.2 Å². The Bertz CT molecular complexity index is 551. The Labute approximate surface area is 122 Å². The molecule has 0 radical (unpaired) electrons. The van der Waals surface area contributed by atoms with Crippen molar-refractivity contribution in [3.8, 4) is 5.75 Å². The molecule has 7 heteroatoms. The van der Waals surface area contributed by atoms with Crippen LogP contribution in [0.15, 0.2) is 12.1 Å². The Hall–Kier alpha value is -1.99. The Morgan fingerprint density at radius 2 is 1.95 bits per heavy atom. The smallest absolute Gasteiger partial charge is 0.262 e. The van der Waals surface area contributed by atoms with Gasteiger partial charge >= 0.3 is 0 Å². The topological polar surface area (TPSA) is 86.0 Å². The van der Waals surface area contributed by atoms with Gasteiger partial charge in [0.2, 0.25) is 0 Å². The van der Waals surface area contributed by atoms with Crippen molar-refractivity contribution in [1.29, 1.82) is 0 Å². The van der Waals surface area contributed by atoms with Crippen LogP contribution < -0.4 is 20.7 Å². The van der Waals surface area contributed by atoms with Crippen molar-refractivity contribution in [3.63, 3.8) is 0 Å². The summed E-state index contributed by atoms with van der Waals surface area (Å²) in [6.07, 6.45) is -0.00690. The van der Waals surface area contributed by atoms with Gasteiger partial charge in [0.05, 0.1) is 17.1 Å². The van der Waals surface area contributed by atoms with E-state index in [1.807, 2.05) is 6.07 Å². The van der Waals surface area contributed by atoms with Crippen molar-refractivity contribution < 1.29 is 19.0 Å². The summed E-state index contributed by atoms with van der Waals surface area (Å²) >= 11 is 0. The lowest BCUT2D eigenvalue weighted by Gasteiger charge is -2.24. The summed E-state index contributed by atoms with van der Waals surface area (Å²) < 4.78 is 16.2. The lowest BCUT2D eigenvalue weighted by atomic mass is 10.2. The molecule has 2 aliphatic rings. The van der Waals surface area contributed by atoms with E-state index in [0.29, 0.717) is 30.2 Å². The fourth-order valence-corrected chi connectivity index (χ4v) is 2.80. The van der Waals surface area contributed by atoms with E-state index >= 15 is 0 Å². The fourth-order valence-electron chi connectivity index (χ4n) is 2.80. The highest BCUT2D eigenvalue weighted by Gasteiger charge is 2.34. The molecule has 21 heavy (non-hydrogen) atoms. The van der Waals surface area contributed by atoms with Gasteiger partial charge in [-0.25, -0.2) is 0 Å². The van der Waals surface area contributed by atoms with E-state index in [4.69, 9.17) is 19.9 Å². The molecule has 0 aromatic heterocycles. The third-order valence-electron chi connectivity index (χ3n) is 3.92. The predicted octanol–water partition coefficient (Wildman–Crippen LogP) is 0.450. The van der Waals surface area contributed by atoms with E-state index in [-0.39, 0.29) is 24.7 Å². The maximum Gasteiger partial charge on any atom is 0.262 e. The van der Waals surface area contributed by atoms with Crippen molar-refractivity contribution in [2.24, 2.45) is 0 Å². The number of hydrogen-bond donors (Lipinski definition) is 2. The lowest BCUT2D eigenvalue weighted by Crippen LogP contribution is -2.27. The Morgan fingerprint density at radius 1 is 1.29 bits per heavy atom. The van der Waals surface area contributed by atoms with Crippen LogP contribution in [-0.2, 0) is 14.3 Å². The number of carbonyl (C=O) groups is 1. The summed E-state index contributed by atoms with van der Waals surface area (Å²) in [6, 6.07) is 3.58. The molecule has 0 saturated carbocycles. The number of benzene rings is 1. The molecule has 1 aromatic rings. The minimum atomic E-state index is -0.163. The monoisotopic (exact) mass is 293 g/mol. The number of nitrogen functional groups attached to an aromatic ring is 1. The molecule has 7 nitrogen and oxygen atoms in total. The van der Waals surface area contributed by atoms with E-state index < -0.39 is 0 Å². The second-order valence-corrected chi connectivity index (χ2v) is 5.20. The third-order valence-corrected chi connectivity index (χ3v) is 3.92. The SMILES string of the molecule is COC1CN(c2cc3c(cc2N)OCC(=O)N3)CC1OC. The van der Waals surface area contributed by atoms with Gasteiger partial charge in [-0.2, -0.15) is 0 Å². The van der Waals surface area contributed by atoms with Crippen LogP contribution in [0.1, 0.15) is 0 Å². The molecular weight excluding hydrogens is 274 g/mol. The van der Waals surface area contributed by atoms with E-state index in [0.717, 1.165) is 5.69 Å². The minimum absolute atomic E-state index is 0.00345. The average molecular weight is 293 g/mol. The number of amides is 1. The van der Waals surface area contributed by atoms with E-state index in [1.54, 1.807) is 20.3 Å². The Balaban J connectivity index is 1.89. The molecule has 1 amide bonds. The zero-order valence-corrected chi connectivity index (χ0v) is 12.1. The summed E-state index contributed by atoms with van der Waals surface area (Å²) in [4.78, 5) is 13.5. The number of ether oxygens (including phenoxy) is 3. The molecule has 1 aromatic carbocycles. The summed E-state index contributed by atoms with van der Waals surface area (Å²) in [6.45, 7) is 1.40. The van der Waals surface area contributed by atoms with E-state index in [2.05, 4.69) is 10.2 Å². The van der Waals surface area contributed by atoms with Crippen molar-refractivity contribution in [2.75, 3.05) is 49.9 Å². The summed E-state index contributed by atoms with van der Waals surface area (Å²) in [5, 5.41) is 2.79. The first-order valence-electron chi connectivity index (χ1n) is 6.79. The molecule has 3 N–H and O–H groups in total. The predicted molar refractivity (Wildman–Crippen MR) is 78.8 cm³/mol. The van der Waals surface area contributed by atoms with Crippen LogP contribution in [0.5, 0.6) is 5.75 Å². The minimum Gasteiger partial charge on any atom is -0.482 e. The average Bonchev–Trinajstić information content (AvgIpc) is 2.90. The summed E-state index contributed by atoms with van der Waals surface area (Å²) in [5.74, 6) is 0.436. The molecule has 0 spiro atoms. The molecule has 2 atom stereocenters. The number of nitrogens with zero attached hydrogens (tertiary/aromatic N) is 1. The molecule has 114 valence electrons. The van der Waals surface area contributed by atoms with Gasteiger partial charge in [-0.15, -0.1) is 0 Å². The zero-order valence-electron chi connectivity index (χ0n) is 12.1. The lowest BCUT2D eigenvalue weighted by molar-refractivity contribution is -0.118. The fraction of sp³-hybridized carbons (Fsp3) is 0.500. The van der Waals surface area contributed by atoms with Crippen LogP contribution in [-0.4, -0.2) is 52.0 Å². The quantitative estimate of drug-likeness (QED) is 0.787. The van der Waals surface area contributed by atoms with E-state index in [9.17, 15) is 4.79 Å². The third kappa shape index (κ3) is 2.50. The largest absolute Gasteiger partial charge is 0.482 e. The molecule has 3 rings (SSSR count). The number of nitrogens with two attached hydrogens (primary N) is 1. The van der Waals surface area contributed by atoms with E-state index in [1.165, 1.54) is 0 Å². The number of fused-ring (bicyclic) bond motifs is 1. The molecule has 1 fully saturated rings. The second-order valence-electron chi connectivity index (χ2n) is 5.20. The summed E-state index contributed by atoms with van der Waals surface area (Å²) in [5.41, 5.74) is 8.22. The zero-order chi connectivity index (χ0) is 15.0. The second kappa shape index (κ2) is 5.42. The number of methoxy groups -OCH3 is 2. The van der Waals surface area contributed by atoms with Crippen LogP contribution in [0.4, 0.5) is 17.1 Å². The highest BCUT2D eigenvalue weighted by atomic mass is 16.5. The molecule has 0 aliphatic carbocycles. The van der Waals surface area contributed by atoms with Gasteiger partial charge < -0.3 is 30.2 Å². The van der Waals surface area contributed by atoms with Crippen molar-refractivity contribution in [1.82, 2.24) is 0 Å². The standard InChI is InChI=1S/C14H19N3O4/c1-19-12-5-17(6-13(12)20-2)10-4-9-11(3-8(10)15)21-7-14(18)16-9/h3-4,12-13H,5-7,15H2,1-2H3,(H,16,18). The Kier molecular flexibility index (Phi) is 3.60. The van der Waals surface area contributed by atoms with Crippen LogP contribution in [0.25, 0.3) is 0 Å². The molecule has 2 heterocycles. The molecule has 0 bridgehead atoms. The van der Waals surface area contributed by atoms with Gasteiger partial charge in [0.25, 0.3) is 5.91 Å². The highest BCUT2D eigenvalue weighted by Crippen LogP contribution is 2.38. The first-order valence-corrected chi connectivity index (χ1v) is 6.79. The van der Waals surface area contributed by atoms with Gasteiger partial charge in [0.15, 0.2) is 6.61 Å². The summed E-state index contributed by atoms with van der Waals surface area (Å²) in [7, 11) is 3.34. The van der Waals surface area contributed by atoms with Crippen molar-refractivity contribution in [3.05, 3.63) is 12.1 Å². The normalized spacial score (nSPS) is 24.5. The van der Waals surface area contributed by atoms with Gasteiger partial charge in [0.1, 0.15) is 18.0 Å². The Morgan fingerprint density at radius 3 is 2.57 bits per heavy atom. The molecule has 2 aliphatic heterocycles. The van der Waals surface area contributed by atoms with Crippen molar-refractivity contribution >= 4 is 23.0 Å². The molecule has 2 unspecified atom stereocenters. The van der Waals surface area contributed by atoms with Gasteiger partial charge in [0, 0.05) is 33.4 Å². The molecular formula is C14H19N3O4. The highest BCUT2D eigenvalue weighted by molar-refractivity contribution is 5.97. The van der Waals surface area contributed by atoms with Crippen LogP contribution in [0.3, 0.4) is 0 Å². The number of anilines is 3. The van der Waals surface area contributed by atoms with Gasteiger partial charge in [-0.3, -0.25) is 4.79 Å². The number of rotatable bonds is 3. The van der Waals surface area contributed by atoms with Gasteiger partial charge in [-0.05, 0) is 6.07 Å². The van der Waals surface area contributed by atoms with Crippen LogP contribution >= 0.6 is 0 Å². The number of nitrogens with one attached hydrogen (secondary N) is 1. The van der Waals surface area contributed by atoms with Gasteiger partial charge in [-0.1, -0.05) is 0 Å². The first kappa shape index (κ1) is 14.0. The maximum absolute atomic E-state index is 11.4. The first-order chi connectivity index (χ1) is 10.1.